The molecule has 1 atom stereocenters. The summed E-state index contributed by atoms with van der Waals surface area (Å²) in [5.74, 6) is -0.848. The van der Waals surface area contributed by atoms with Crippen molar-refractivity contribution in [3.63, 3.8) is 0 Å². The lowest BCUT2D eigenvalue weighted by molar-refractivity contribution is -0.137. The van der Waals surface area contributed by atoms with E-state index in [1.54, 1.807) is 0 Å². The van der Waals surface area contributed by atoms with Crippen LogP contribution < -0.4 is 5.32 Å². The number of carbonyl (C=O) groups excluding carboxylic acids is 1. The van der Waals surface area contributed by atoms with Crippen LogP contribution in [0.4, 0.5) is 5.69 Å². The highest BCUT2D eigenvalue weighted by Gasteiger charge is 2.35. The Balaban J connectivity index is 1.82. The number of nitrogens with zero attached hydrogens (tertiary/aromatic N) is 3. The standard InChI is InChI=1S/C22H30N4O3/c1-13(2)26-22(16-6-7-16)21(24-25-26)17(8-10-20(28)29)12-19(27)23-18-9-5-14(3)11-15(18)4/h5,9,11,13,16-17H,6-8,10,12H2,1-4H3,(H,23,27)(H,28,29)/t17-/m0/s1. The predicted molar refractivity (Wildman–Crippen MR) is 111 cm³/mol. The molecule has 2 N–H and O–H groups in total. The van der Waals surface area contributed by atoms with Crippen molar-refractivity contribution in [2.75, 3.05) is 5.32 Å². The highest BCUT2D eigenvalue weighted by Crippen LogP contribution is 2.44. The summed E-state index contributed by atoms with van der Waals surface area (Å²) in [4.78, 5) is 24.0. The number of aryl methyl sites for hydroxylation is 2. The zero-order chi connectivity index (χ0) is 21.1. The Hall–Kier alpha value is -2.70. The van der Waals surface area contributed by atoms with Gasteiger partial charge in [-0.15, -0.1) is 5.10 Å². The monoisotopic (exact) mass is 398 g/mol. The van der Waals surface area contributed by atoms with E-state index in [1.807, 2.05) is 36.7 Å². The third-order valence-electron chi connectivity index (χ3n) is 5.39. The van der Waals surface area contributed by atoms with E-state index in [-0.39, 0.29) is 30.7 Å². The van der Waals surface area contributed by atoms with Crippen LogP contribution in [0.3, 0.4) is 0 Å². The van der Waals surface area contributed by atoms with Gasteiger partial charge in [0, 0.05) is 36.4 Å². The molecule has 1 aromatic carbocycles. The van der Waals surface area contributed by atoms with E-state index in [4.69, 9.17) is 0 Å². The van der Waals surface area contributed by atoms with Gasteiger partial charge >= 0.3 is 5.97 Å². The minimum Gasteiger partial charge on any atom is -0.481 e. The SMILES string of the molecule is Cc1ccc(NC(=O)C[C@H](CCC(=O)O)c2nnn(C(C)C)c2C2CC2)c(C)c1. The van der Waals surface area contributed by atoms with Crippen molar-refractivity contribution in [2.45, 2.75) is 77.7 Å². The maximum Gasteiger partial charge on any atom is 0.303 e. The van der Waals surface area contributed by atoms with Gasteiger partial charge in [-0.2, -0.15) is 0 Å². The second-order valence-corrected chi connectivity index (χ2v) is 8.37. The van der Waals surface area contributed by atoms with Crippen molar-refractivity contribution < 1.29 is 14.7 Å². The van der Waals surface area contributed by atoms with Gasteiger partial charge in [0.25, 0.3) is 0 Å². The van der Waals surface area contributed by atoms with Crippen LogP contribution in [-0.2, 0) is 9.59 Å². The van der Waals surface area contributed by atoms with Crippen molar-refractivity contribution in [2.24, 2.45) is 0 Å². The van der Waals surface area contributed by atoms with Crippen molar-refractivity contribution >= 4 is 17.6 Å². The van der Waals surface area contributed by atoms with Crippen LogP contribution in [0.2, 0.25) is 0 Å². The molecular weight excluding hydrogens is 368 g/mol. The normalized spacial score (nSPS) is 14.8. The lowest BCUT2D eigenvalue weighted by atomic mass is 9.92. The molecule has 0 aliphatic heterocycles. The summed E-state index contributed by atoms with van der Waals surface area (Å²) in [6, 6.07) is 6.07. The number of carboxylic acids is 1. The number of carboxylic acid groups (broad SMARTS) is 1. The van der Waals surface area contributed by atoms with Gasteiger partial charge in [0.2, 0.25) is 5.91 Å². The molecule has 1 saturated carbocycles. The Kier molecular flexibility index (Phi) is 6.35. The summed E-state index contributed by atoms with van der Waals surface area (Å²) in [7, 11) is 0. The van der Waals surface area contributed by atoms with E-state index in [1.165, 1.54) is 0 Å². The van der Waals surface area contributed by atoms with Crippen LogP contribution in [0.25, 0.3) is 0 Å². The highest BCUT2D eigenvalue weighted by atomic mass is 16.4. The largest absolute Gasteiger partial charge is 0.481 e. The molecule has 0 spiro atoms. The van der Waals surface area contributed by atoms with Gasteiger partial charge in [0.05, 0.1) is 11.4 Å². The molecular formula is C22H30N4O3. The molecule has 7 nitrogen and oxygen atoms in total. The third kappa shape index (κ3) is 5.22. The van der Waals surface area contributed by atoms with Gasteiger partial charge in [0.15, 0.2) is 0 Å². The number of hydrogen-bond acceptors (Lipinski definition) is 4. The van der Waals surface area contributed by atoms with E-state index in [9.17, 15) is 14.7 Å². The summed E-state index contributed by atoms with van der Waals surface area (Å²) in [5.41, 5.74) is 4.79. The lowest BCUT2D eigenvalue weighted by Crippen LogP contribution is -2.18. The second kappa shape index (κ2) is 8.76. The van der Waals surface area contributed by atoms with Gasteiger partial charge in [-0.3, -0.25) is 9.59 Å². The summed E-state index contributed by atoms with van der Waals surface area (Å²) in [6.07, 6.45) is 2.74. The van der Waals surface area contributed by atoms with Crippen LogP contribution in [0.15, 0.2) is 18.2 Å². The third-order valence-corrected chi connectivity index (χ3v) is 5.39. The van der Waals surface area contributed by atoms with E-state index >= 15 is 0 Å². The first-order chi connectivity index (χ1) is 13.8. The fourth-order valence-electron chi connectivity index (χ4n) is 3.75. The number of aromatic nitrogens is 3. The van der Waals surface area contributed by atoms with E-state index in [2.05, 4.69) is 29.5 Å². The molecule has 156 valence electrons. The van der Waals surface area contributed by atoms with Crippen LogP contribution in [0.5, 0.6) is 0 Å². The van der Waals surface area contributed by atoms with Crippen molar-refractivity contribution in [1.29, 1.82) is 0 Å². The topological polar surface area (TPSA) is 97.1 Å². The van der Waals surface area contributed by atoms with Crippen LogP contribution in [-0.4, -0.2) is 32.0 Å². The minimum absolute atomic E-state index is 0.000150. The Labute approximate surface area is 171 Å². The minimum atomic E-state index is -0.867. The lowest BCUT2D eigenvalue weighted by Gasteiger charge is -2.17. The van der Waals surface area contributed by atoms with Crippen LogP contribution in [0.1, 0.15) is 86.3 Å². The molecule has 0 saturated heterocycles. The summed E-state index contributed by atoms with van der Waals surface area (Å²) in [6.45, 7) is 8.09. The molecule has 0 bridgehead atoms. The number of hydrogen-bond donors (Lipinski definition) is 2. The molecule has 3 rings (SSSR count). The molecule has 0 unspecified atom stereocenters. The summed E-state index contributed by atoms with van der Waals surface area (Å²) < 4.78 is 1.93. The maximum atomic E-state index is 12.8. The molecule has 1 aliphatic carbocycles. The number of rotatable bonds is 9. The summed E-state index contributed by atoms with van der Waals surface area (Å²) >= 11 is 0. The van der Waals surface area contributed by atoms with Gasteiger partial charge in [0.1, 0.15) is 0 Å². The van der Waals surface area contributed by atoms with E-state index < -0.39 is 5.97 Å². The molecule has 1 heterocycles. The average molecular weight is 399 g/mol. The number of aliphatic carboxylic acids is 1. The van der Waals surface area contributed by atoms with Crippen LogP contribution >= 0.6 is 0 Å². The first-order valence-corrected chi connectivity index (χ1v) is 10.3. The number of anilines is 1. The average Bonchev–Trinajstić information content (AvgIpc) is 3.38. The first kappa shape index (κ1) is 21.0. The Morgan fingerprint density at radius 3 is 2.59 bits per heavy atom. The fourth-order valence-corrected chi connectivity index (χ4v) is 3.75. The molecule has 29 heavy (non-hydrogen) atoms. The van der Waals surface area contributed by atoms with Gasteiger partial charge < -0.3 is 10.4 Å². The van der Waals surface area contributed by atoms with Crippen molar-refractivity contribution in [3.05, 3.63) is 40.7 Å². The molecule has 7 heteroatoms. The molecule has 1 aliphatic rings. The fraction of sp³-hybridized carbons (Fsp3) is 0.545. The molecule has 1 aromatic heterocycles. The van der Waals surface area contributed by atoms with Crippen molar-refractivity contribution in [3.8, 4) is 0 Å². The number of nitrogens with one attached hydrogen (secondary N) is 1. The zero-order valence-electron chi connectivity index (χ0n) is 17.6. The zero-order valence-corrected chi connectivity index (χ0v) is 17.6. The first-order valence-electron chi connectivity index (χ1n) is 10.3. The number of carbonyl (C=O) groups is 2. The predicted octanol–water partition coefficient (Wildman–Crippen LogP) is 4.33. The molecule has 0 radical (unpaired) electrons. The number of amides is 1. The molecule has 1 fully saturated rings. The van der Waals surface area contributed by atoms with E-state index in [0.717, 1.165) is 41.0 Å². The summed E-state index contributed by atoms with van der Waals surface area (Å²) in [5, 5.41) is 20.9. The van der Waals surface area contributed by atoms with Crippen molar-refractivity contribution in [1.82, 2.24) is 15.0 Å². The quantitative estimate of drug-likeness (QED) is 0.655. The van der Waals surface area contributed by atoms with Crippen LogP contribution in [0, 0.1) is 13.8 Å². The van der Waals surface area contributed by atoms with Gasteiger partial charge in [-0.05, 0) is 58.6 Å². The second-order valence-electron chi connectivity index (χ2n) is 8.37. The Morgan fingerprint density at radius 2 is 2.00 bits per heavy atom. The smallest absolute Gasteiger partial charge is 0.303 e. The van der Waals surface area contributed by atoms with Gasteiger partial charge in [-0.25, -0.2) is 4.68 Å². The highest BCUT2D eigenvalue weighted by molar-refractivity contribution is 5.92. The Bertz CT molecular complexity index is 899. The Morgan fingerprint density at radius 1 is 1.28 bits per heavy atom. The molecule has 2 aromatic rings. The van der Waals surface area contributed by atoms with E-state index in [0.29, 0.717) is 12.3 Å². The number of benzene rings is 1. The maximum absolute atomic E-state index is 12.8. The molecule has 1 amide bonds. The van der Waals surface area contributed by atoms with Gasteiger partial charge in [-0.1, -0.05) is 22.9 Å².